The number of hydrogen-bond acceptors (Lipinski definition) is 2. The van der Waals surface area contributed by atoms with Crippen LogP contribution < -0.4 is 10.1 Å². The summed E-state index contributed by atoms with van der Waals surface area (Å²) in [6, 6.07) is 8.47. The fourth-order valence-corrected chi connectivity index (χ4v) is 1.84. The standard InChI is InChI=1S/C16H27NO/c1-4-17-12-6-5-7-13-18-16-10-8-15(9-11-16)14(2)3/h8-11,14,17H,4-7,12-13H2,1-3H3. The first kappa shape index (κ1) is 15.0. The molecule has 0 saturated carbocycles. The van der Waals surface area contributed by atoms with Gasteiger partial charge in [0.1, 0.15) is 5.75 Å². The number of hydrogen-bond donors (Lipinski definition) is 1. The first-order chi connectivity index (χ1) is 8.74. The Morgan fingerprint density at radius 3 is 2.39 bits per heavy atom. The predicted octanol–water partition coefficient (Wildman–Crippen LogP) is 3.97. The maximum Gasteiger partial charge on any atom is 0.119 e. The summed E-state index contributed by atoms with van der Waals surface area (Å²) in [4.78, 5) is 0. The Kier molecular flexibility index (Phi) is 7.51. The molecule has 0 spiro atoms. The molecule has 0 heterocycles. The fourth-order valence-electron chi connectivity index (χ4n) is 1.84. The smallest absolute Gasteiger partial charge is 0.119 e. The van der Waals surface area contributed by atoms with Gasteiger partial charge in [-0.05, 0) is 56.0 Å². The highest BCUT2D eigenvalue weighted by molar-refractivity contribution is 5.28. The van der Waals surface area contributed by atoms with Crippen LogP contribution in [0.2, 0.25) is 0 Å². The van der Waals surface area contributed by atoms with Gasteiger partial charge in [0.2, 0.25) is 0 Å². The van der Waals surface area contributed by atoms with Gasteiger partial charge in [-0.15, -0.1) is 0 Å². The van der Waals surface area contributed by atoms with Gasteiger partial charge in [0.25, 0.3) is 0 Å². The van der Waals surface area contributed by atoms with Gasteiger partial charge in [-0.2, -0.15) is 0 Å². The van der Waals surface area contributed by atoms with Crippen molar-refractivity contribution in [2.24, 2.45) is 0 Å². The Hall–Kier alpha value is -1.02. The van der Waals surface area contributed by atoms with E-state index in [1.165, 1.54) is 18.4 Å². The Labute approximate surface area is 112 Å². The predicted molar refractivity (Wildman–Crippen MR) is 78.4 cm³/mol. The third kappa shape index (κ3) is 6.06. The molecule has 0 fully saturated rings. The van der Waals surface area contributed by atoms with E-state index < -0.39 is 0 Å². The molecule has 1 aromatic carbocycles. The fraction of sp³-hybridized carbons (Fsp3) is 0.625. The van der Waals surface area contributed by atoms with Crippen LogP contribution in [0.1, 0.15) is 51.5 Å². The van der Waals surface area contributed by atoms with Crippen molar-refractivity contribution in [1.82, 2.24) is 5.32 Å². The number of benzene rings is 1. The molecule has 0 unspecified atom stereocenters. The van der Waals surface area contributed by atoms with E-state index in [1.54, 1.807) is 0 Å². The van der Waals surface area contributed by atoms with Gasteiger partial charge >= 0.3 is 0 Å². The SMILES string of the molecule is CCNCCCCCOc1ccc(C(C)C)cc1. The molecule has 1 N–H and O–H groups in total. The molecule has 102 valence electrons. The first-order valence-electron chi connectivity index (χ1n) is 7.17. The van der Waals surface area contributed by atoms with Crippen molar-refractivity contribution >= 4 is 0 Å². The number of rotatable bonds is 9. The maximum atomic E-state index is 5.73. The van der Waals surface area contributed by atoms with Crippen molar-refractivity contribution in [2.75, 3.05) is 19.7 Å². The van der Waals surface area contributed by atoms with E-state index in [1.807, 2.05) is 0 Å². The maximum absolute atomic E-state index is 5.73. The molecule has 0 amide bonds. The Balaban J connectivity index is 2.12. The van der Waals surface area contributed by atoms with Crippen molar-refractivity contribution in [3.05, 3.63) is 29.8 Å². The second-order valence-corrected chi connectivity index (χ2v) is 4.99. The Morgan fingerprint density at radius 2 is 1.78 bits per heavy atom. The van der Waals surface area contributed by atoms with Gasteiger partial charge in [0.15, 0.2) is 0 Å². The number of unbranched alkanes of at least 4 members (excludes halogenated alkanes) is 2. The summed E-state index contributed by atoms with van der Waals surface area (Å²) in [6.07, 6.45) is 3.61. The van der Waals surface area contributed by atoms with E-state index in [4.69, 9.17) is 4.74 Å². The van der Waals surface area contributed by atoms with Crippen LogP contribution in [-0.4, -0.2) is 19.7 Å². The minimum atomic E-state index is 0.588. The highest BCUT2D eigenvalue weighted by Crippen LogP contribution is 2.18. The summed E-state index contributed by atoms with van der Waals surface area (Å²) in [5, 5.41) is 3.33. The molecular formula is C16H27NO. The van der Waals surface area contributed by atoms with E-state index >= 15 is 0 Å². The van der Waals surface area contributed by atoms with Crippen molar-refractivity contribution in [1.29, 1.82) is 0 Å². The molecule has 0 radical (unpaired) electrons. The van der Waals surface area contributed by atoms with Crippen LogP contribution in [0.15, 0.2) is 24.3 Å². The monoisotopic (exact) mass is 249 g/mol. The minimum Gasteiger partial charge on any atom is -0.494 e. The quantitative estimate of drug-likeness (QED) is 0.669. The van der Waals surface area contributed by atoms with E-state index in [-0.39, 0.29) is 0 Å². The zero-order valence-electron chi connectivity index (χ0n) is 12.0. The molecule has 1 aromatic rings. The minimum absolute atomic E-state index is 0.588. The zero-order chi connectivity index (χ0) is 13.2. The summed E-state index contributed by atoms with van der Waals surface area (Å²) in [7, 11) is 0. The van der Waals surface area contributed by atoms with Gasteiger partial charge < -0.3 is 10.1 Å². The number of nitrogens with one attached hydrogen (secondary N) is 1. The van der Waals surface area contributed by atoms with Gasteiger partial charge in [-0.3, -0.25) is 0 Å². The lowest BCUT2D eigenvalue weighted by Gasteiger charge is -2.09. The average molecular weight is 249 g/mol. The summed E-state index contributed by atoms with van der Waals surface area (Å²) in [5.74, 6) is 1.58. The second-order valence-electron chi connectivity index (χ2n) is 4.99. The lowest BCUT2D eigenvalue weighted by molar-refractivity contribution is 0.305. The van der Waals surface area contributed by atoms with Crippen LogP contribution in [0.3, 0.4) is 0 Å². The summed E-state index contributed by atoms with van der Waals surface area (Å²) in [5.41, 5.74) is 1.37. The molecule has 0 aliphatic heterocycles. The lowest BCUT2D eigenvalue weighted by Crippen LogP contribution is -2.14. The summed E-state index contributed by atoms with van der Waals surface area (Å²) < 4.78 is 5.73. The van der Waals surface area contributed by atoms with Crippen LogP contribution in [0, 0.1) is 0 Å². The van der Waals surface area contributed by atoms with Gasteiger partial charge in [-0.1, -0.05) is 32.9 Å². The highest BCUT2D eigenvalue weighted by Gasteiger charge is 1.99. The molecule has 2 nitrogen and oxygen atoms in total. The molecule has 0 aromatic heterocycles. The molecule has 2 heteroatoms. The van der Waals surface area contributed by atoms with Crippen LogP contribution in [0.25, 0.3) is 0 Å². The lowest BCUT2D eigenvalue weighted by atomic mass is 10.0. The zero-order valence-corrected chi connectivity index (χ0v) is 12.0. The third-order valence-electron chi connectivity index (χ3n) is 3.06. The molecule has 0 saturated heterocycles. The third-order valence-corrected chi connectivity index (χ3v) is 3.06. The van der Waals surface area contributed by atoms with Crippen molar-refractivity contribution in [2.45, 2.75) is 46.0 Å². The topological polar surface area (TPSA) is 21.3 Å². The largest absolute Gasteiger partial charge is 0.494 e. The first-order valence-corrected chi connectivity index (χ1v) is 7.17. The van der Waals surface area contributed by atoms with E-state index in [9.17, 15) is 0 Å². The van der Waals surface area contributed by atoms with E-state index in [2.05, 4.69) is 50.4 Å². The van der Waals surface area contributed by atoms with Crippen LogP contribution in [0.4, 0.5) is 0 Å². The molecule has 0 bridgehead atoms. The molecule has 0 atom stereocenters. The molecular weight excluding hydrogens is 222 g/mol. The van der Waals surface area contributed by atoms with Crippen molar-refractivity contribution < 1.29 is 4.74 Å². The Morgan fingerprint density at radius 1 is 1.06 bits per heavy atom. The van der Waals surface area contributed by atoms with Crippen molar-refractivity contribution in [3.8, 4) is 5.75 Å². The second kappa shape index (κ2) is 8.98. The van der Waals surface area contributed by atoms with Gasteiger partial charge in [0.05, 0.1) is 6.61 Å². The van der Waals surface area contributed by atoms with Crippen molar-refractivity contribution in [3.63, 3.8) is 0 Å². The normalized spacial score (nSPS) is 10.9. The molecule has 0 aliphatic rings. The van der Waals surface area contributed by atoms with E-state index in [0.29, 0.717) is 5.92 Å². The van der Waals surface area contributed by atoms with E-state index in [0.717, 1.165) is 31.9 Å². The highest BCUT2D eigenvalue weighted by atomic mass is 16.5. The summed E-state index contributed by atoms with van der Waals surface area (Å²) in [6.45, 7) is 9.58. The van der Waals surface area contributed by atoms with Crippen LogP contribution in [0.5, 0.6) is 5.75 Å². The van der Waals surface area contributed by atoms with Gasteiger partial charge in [-0.25, -0.2) is 0 Å². The summed E-state index contributed by atoms with van der Waals surface area (Å²) >= 11 is 0. The average Bonchev–Trinajstić information content (AvgIpc) is 2.38. The van der Waals surface area contributed by atoms with Gasteiger partial charge in [0, 0.05) is 0 Å². The van der Waals surface area contributed by atoms with Crippen LogP contribution in [-0.2, 0) is 0 Å². The molecule has 1 rings (SSSR count). The Bertz CT molecular complexity index is 305. The number of ether oxygens (including phenoxy) is 1. The van der Waals surface area contributed by atoms with Crippen LogP contribution >= 0.6 is 0 Å². The molecule has 0 aliphatic carbocycles. The molecule has 18 heavy (non-hydrogen) atoms.